The number of rotatable bonds is 4. The quantitative estimate of drug-likeness (QED) is 0.846. The zero-order chi connectivity index (χ0) is 11.4. The van der Waals surface area contributed by atoms with Gasteiger partial charge in [0.1, 0.15) is 10.8 Å². The maximum Gasteiger partial charge on any atom is 0.139 e. The molecule has 0 amide bonds. The van der Waals surface area contributed by atoms with Gasteiger partial charge < -0.3 is 10.5 Å². The Kier molecular flexibility index (Phi) is 5.00. The summed E-state index contributed by atoms with van der Waals surface area (Å²) in [5.74, 6) is 1.03. The number of alkyl halides is 1. The molecule has 0 saturated carbocycles. The van der Waals surface area contributed by atoms with Crippen molar-refractivity contribution < 1.29 is 4.74 Å². The minimum absolute atomic E-state index is 0.196. The highest BCUT2D eigenvalue weighted by molar-refractivity contribution is 6.43. The zero-order valence-electron chi connectivity index (χ0n) is 8.27. The van der Waals surface area contributed by atoms with Gasteiger partial charge in [-0.05, 0) is 18.1 Å². The first-order valence-corrected chi connectivity index (χ1v) is 5.74. The van der Waals surface area contributed by atoms with Crippen molar-refractivity contribution >= 4 is 34.8 Å². The van der Waals surface area contributed by atoms with Crippen LogP contribution in [0.1, 0.15) is 18.0 Å². The van der Waals surface area contributed by atoms with Gasteiger partial charge in [0.15, 0.2) is 0 Å². The van der Waals surface area contributed by atoms with Crippen molar-refractivity contribution in [1.29, 1.82) is 0 Å². The van der Waals surface area contributed by atoms with Crippen molar-refractivity contribution in [2.24, 2.45) is 5.73 Å². The summed E-state index contributed by atoms with van der Waals surface area (Å²) in [6.07, 6.45) is 0.657. The summed E-state index contributed by atoms with van der Waals surface area (Å²) in [5.41, 5.74) is 6.69. The first-order valence-electron chi connectivity index (χ1n) is 4.45. The topological polar surface area (TPSA) is 35.2 Å². The SMILES string of the molecule is COc1ccc(C(N)CCCl)c(Cl)c1Cl. The van der Waals surface area contributed by atoms with Gasteiger partial charge in [-0.25, -0.2) is 0 Å². The van der Waals surface area contributed by atoms with Crippen LogP contribution in [0.15, 0.2) is 12.1 Å². The molecular weight excluding hydrogens is 256 g/mol. The van der Waals surface area contributed by atoms with Crippen LogP contribution in [-0.4, -0.2) is 13.0 Å². The largest absolute Gasteiger partial charge is 0.495 e. The van der Waals surface area contributed by atoms with E-state index in [-0.39, 0.29) is 6.04 Å². The van der Waals surface area contributed by atoms with Gasteiger partial charge in [-0.3, -0.25) is 0 Å². The molecule has 0 radical (unpaired) electrons. The lowest BCUT2D eigenvalue weighted by molar-refractivity contribution is 0.415. The van der Waals surface area contributed by atoms with Crippen LogP contribution in [0.5, 0.6) is 5.75 Å². The predicted molar refractivity (Wildman–Crippen MR) is 65.3 cm³/mol. The highest BCUT2D eigenvalue weighted by atomic mass is 35.5. The average molecular weight is 269 g/mol. The van der Waals surface area contributed by atoms with E-state index in [9.17, 15) is 0 Å². The van der Waals surface area contributed by atoms with Gasteiger partial charge >= 0.3 is 0 Å². The van der Waals surface area contributed by atoms with Gasteiger partial charge in [0.2, 0.25) is 0 Å². The minimum Gasteiger partial charge on any atom is -0.495 e. The first kappa shape index (κ1) is 12.9. The molecule has 5 heteroatoms. The van der Waals surface area contributed by atoms with Crippen LogP contribution in [0.4, 0.5) is 0 Å². The van der Waals surface area contributed by atoms with Crippen LogP contribution in [0.2, 0.25) is 10.0 Å². The highest BCUT2D eigenvalue weighted by Crippen LogP contribution is 2.37. The maximum atomic E-state index is 6.07. The molecule has 1 rings (SSSR count). The molecule has 0 bridgehead atoms. The van der Waals surface area contributed by atoms with Gasteiger partial charge in [-0.1, -0.05) is 29.3 Å². The summed E-state index contributed by atoms with van der Waals surface area (Å²) in [6, 6.07) is 3.36. The van der Waals surface area contributed by atoms with E-state index in [1.807, 2.05) is 6.07 Å². The molecule has 0 heterocycles. The lowest BCUT2D eigenvalue weighted by Crippen LogP contribution is -2.11. The van der Waals surface area contributed by atoms with Crippen molar-refractivity contribution in [3.05, 3.63) is 27.7 Å². The Hall–Kier alpha value is -0.150. The van der Waals surface area contributed by atoms with Crippen molar-refractivity contribution in [1.82, 2.24) is 0 Å². The molecule has 84 valence electrons. The van der Waals surface area contributed by atoms with E-state index in [1.54, 1.807) is 6.07 Å². The van der Waals surface area contributed by atoms with Gasteiger partial charge in [-0.15, -0.1) is 11.6 Å². The third kappa shape index (κ3) is 2.91. The number of benzene rings is 1. The third-order valence-corrected chi connectivity index (χ3v) is 3.21. The summed E-state index contributed by atoms with van der Waals surface area (Å²) in [4.78, 5) is 0. The third-order valence-electron chi connectivity index (χ3n) is 2.12. The molecular formula is C10H12Cl3NO. The molecule has 1 atom stereocenters. The number of methoxy groups -OCH3 is 1. The molecule has 1 aromatic rings. The van der Waals surface area contributed by atoms with E-state index in [0.717, 1.165) is 5.56 Å². The van der Waals surface area contributed by atoms with Crippen molar-refractivity contribution in [2.75, 3.05) is 13.0 Å². The van der Waals surface area contributed by atoms with Gasteiger partial charge in [-0.2, -0.15) is 0 Å². The monoisotopic (exact) mass is 267 g/mol. The minimum atomic E-state index is -0.196. The van der Waals surface area contributed by atoms with Crippen molar-refractivity contribution in [3.8, 4) is 5.75 Å². The van der Waals surface area contributed by atoms with Crippen LogP contribution in [0.3, 0.4) is 0 Å². The number of nitrogens with two attached hydrogens (primary N) is 1. The van der Waals surface area contributed by atoms with Gasteiger partial charge in [0.25, 0.3) is 0 Å². The Labute approximate surface area is 104 Å². The fourth-order valence-electron chi connectivity index (χ4n) is 1.26. The molecule has 0 aliphatic carbocycles. The number of ether oxygens (including phenoxy) is 1. The van der Waals surface area contributed by atoms with Gasteiger partial charge in [0, 0.05) is 11.9 Å². The molecule has 0 aliphatic rings. The number of hydrogen-bond donors (Lipinski definition) is 1. The Morgan fingerprint density at radius 2 is 2.00 bits per heavy atom. The van der Waals surface area contributed by atoms with Crippen LogP contribution in [0, 0.1) is 0 Å². The van der Waals surface area contributed by atoms with Crippen LogP contribution in [0.25, 0.3) is 0 Å². The first-order chi connectivity index (χ1) is 7.11. The maximum absolute atomic E-state index is 6.07. The fourth-order valence-corrected chi connectivity index (χ4v) is 2.04. The van der Waals surface area contributed by atoms with Crippen molar-refractivity contribution in [3.63, 3.8) is 0 Å². The molecule has 2 nitrogen and oxygen atoms in total. The fraction of sp³-hybridized carbons (Fsp3) is 0.400. The second kappa shape index (κ2) is 5.80. The normalized spacial score (nSPS) is 12.6. The van der Waals surface area contributed by atoms with E-state index in [0.29, 0.717) is 28.1 Å². The van der Waals surface area contributed by atoms with E-state index in [1.165, 1.54) is 7.11 Å². The highest BCUT2D eigenvalue weighted by Gasteiger charge is 2.15. The number of hydrogen-bond acceptors (Lipinski definition) is 2. The van der Waals surface area contributed by atoms with Crippen LogP contribution in [-0.2, 0) is 0 Å². The van der Waals surface area contributed by atoms with Crippen LogP contribution < -0.4 is 10.5 Å². The molecule has 0 spiro atoms. The molecule has 0 saturated heterocycles. The average Bonchev–Trinajstić information content (AvgIpc) is 2.22. The summed E-state index contributed by atoms with van der Waals surface area (Å²) in [7, 11) is 1.54. The van der Waals surface area contributed by atoms with Gasteiger partial charge in [0.05, 0.1) is 12.1 Å². The molecule has 2 N–H and O–H groups in total. The summed E-state index contributed by atoms with van der Waals surface area (Å²) in [6.45, 7) is 0. The smallest absolute Gasteiger partial charge is 0.139 e. The summed E-state index contributed by atoms with van der Waals surface area (Å²) >= 11 is 17.7. The standard InChI is InChI=1S/C10H12Cl3NO/c1-15-8-3-2-6(7(14)4-5-11)9(12)10(8)13/h2-3,7H,4-5,14H2,1H3. The predicted octanol–water partition coefficient (Wildman–Crippen LogP) is 3.63. The lowest BCUT2D eigenvalue weighted by atomic mass is 10.1. The van der Waals surface area contributed by atoms with Crippen LogP contribution >= 0.6 is 34.8 Å². The van der Waals surface area contributed by atoms with Crippen molar-refractivity contribution in [2.45, 2.75) is 12.5 Å². The van der Waals surface area contributed by atoms with E-state index in [2.05, 4.69) is 0 Å². The second-order valence-corrected chi connectivity index (χ2v) is 4.20. The van der Waals surface area contributed by atoms with E-state index < -0.39 is 0 Å². The second-order valence-electron chi connectivity index (χ2n) is 3.07. The van der Waals surface area contributed by atoms with E-state index >= 15 is 0 Å². The molecule has 1 unspecified atom stereocenters. The molecule has 0 aromatic heterocycles. The summed E-state index contributed by atoms with van der Waals surface area (Å²) < 4.78 is 5.04. The van der Waals surface area contributed by atoms with E-state index in [4.69, 9.17) is 45.3 Å². The Morgan fingerprint density at radius 1 is 1.33 bits per heavy atom. The zero-order valence-corrected chi connectivity index (χ0v) is 10.5. The summed E-state index contributed by atoms with van der Waals surface area (Å²) in [5, 5.41) is 0.829. The molecule has 0 fully saturated rings. The molecule has 0 aliphatic heterocycles. The number of halogens is 3. The molecule has 15 heavy (non-hydrogen) atoms. The molecule has 1 aromatic carbocycles. The Balaban J connectivity index is 3.06. The Bertz CT molecular complexity index is 344. The lowest BCUT2D eigenvalue weighted by Gasteiger charge is -2.14. The Morgan fingerprint density at radius 3 is 2.53 bits per heavy atom.